The molecule has 5 unspecified atom stereocenters. The van der Waals surface area contributed by atoms with Gasteiger partial charge in [0.2, 0.25) is 0 Å². The van der Waals surface area contributed by atoms with Crippen LogP contribution in [0, 0.1) is 0 Å². The van der Waals surface area contributed by atoms with Crippen molar-refractivity contribution in [3.8, 4) is 0 Å². The third kappa shape index (κ3) is 70.8. The molecule has 0 saturated heterocycles. The Labute approximate surface area is 575 Å². The number of carbonyl (C=O) groups excluding carboxylic acids is 3. The molecular formula is C77H130O16P2. The molecule has 0 aliphatic rings. The zero-order valence-corrected chi connectivity index (χ0v) is 60.8. The largest absolute Gasteiger partial charge is 0.472 e. The van der Waals surface area contributed by atoms with Gasteiger partial charge in [-0.2, -0.15) is 0 Å². The van der Waals surface area contributed by atoms with Crippen molar-refractivity contribution >= 4 is 33.6 Å². The minimum atomic E-state index is -4.94. The Bertz CT molecular complexity index is 2260. The Kier molecular flexibility index (Phi) is 66.4. The minimum absolute atomic E-state index is 0.0441. The van der Waals surface area contributed by atoms with Crippen LogP contribution < -0.4 is 0 Å². The number of aliphatic hydroxyl groups is 2. The van der Waals surface area contributed by atoms with Crippen LogP contribution in [0.25, 0.3) is 0 Å². The van der Waals surface area contributed by atoms with E-state index in [9.17, 15) is 43.5 Å². The van der Waals surface area contributed by atoms with E-state index >= 15 is 0 Å². The molecule has 0 fully saturated rings. The maximum Gasteiger partial charge on any atom is 0.472 e. The molecule has 0 aliphatic heterocycles. The van der Waals surface area contributed by atoms with E-state index < -0.39 is 91.5 Å². The fourth-order valence-electron chi connectivity index (χ4n) is 9.39. The molecule has 0 saturated carbocycles. The first-order valence-electron chi connectivity index (χ1n) is 36.5. The van der Waals surface area contributed by atoms with Crippen LogP contribution in [0.2, 0.25) is 0 Å². The van der Waals surface area contributed by atoms with Gasteiger partial charge in [0.1, 0.15) is 25.4 Å². The molecule has 0 amide bonds. The molecule has 16 nitrogen and oxygen atoms in total. The summed E-state index contributed by atoms with van der Waals surface area (Å²) in [5, 5.41) is 20.6. The molecule has 0 radical (unpaired) electrons. The lowest BCUT2D eigenvalue weighted by Gasteiger charge is -2.21. The molecule has 4 N–H and O–H groups in total. The monoisotopic (exact) mass is 1370 g/mol. The second kappa shape index (κ2) is 69.6. The maximum absolute atomic E-state index is 12.9. The predicted molar refractivity (Wildman–Crippen MR) is 390 cm³/mol. The number of phosphoric ester groups is 2. The Morgan fingerprint density at radius 1 is 0.305 bits per heavy atom. The first kappa shape index (κ1) is 90.7. The van der Waals surface area contributed by atoms with Crippen LogP contribution >= 0.6 is 15.6 Å². The van der Waals surface area contributed by atoms with Gasteiger partial charge in [-0.1, -0.05) is 289 Å². The minimum Gasteiger partial charge on any atom is -0.463 e. The van der Waals surface area contributed by atoms with Crippen molar-refractivity contribution in [1.82, 2.24) is 0 Å². The fourth-order valence-corrected chi connectivity index (χ4v) is 11.0. The van der Waals surface area contributed by atoms with Crippen molar-refractivity contribution in [1.29, 1.82) is 0 Å². The average molecular weight is 1370 g/mol. The molecule has 0 aliphatic carbocycles. The van der Waals surface area contributed by atoms with Crippen molar-refractivity contribution in [3.05, 3.63) is 134 Å². The van der Waals surface area contributed by atoms with Crippen molar-refractivity contribution in [2.24, 2.45) is 0 Å². The number of hydrogen-bond acceptors (Lipinski definition) is 14. The molecule has 0 bridgehead atoms. The van der Waals surface area contributed by atoms with Crippen LogP contribution in [0.1, 0.15) is 278 Å². The first-order chi connectivity index (χ1) is 46.2. The molecule has 0 aromatic rings. The summed E-state index contributed by atoms with van der Waals surface area (Å²) < 4.78 is 60.9. The van der Waals surface area contributed by atoms with Gasteiger partial charge in [-0.3, -0.25) is 32.5 Å². The summed E-state index contributed by atoms with van der Waals surface area (Å²) in [7, 11) is -9.81. The summed E-state index contributed by atoms with van der Waals surface area (Å²) in [4.78, 5) is 58.5. The number of unbranched alkanes of at least 4 members (excludes halogenated alkanes) is 23. The highest BCUT2D eigenvalue weighted by atomic mass is 31.2. The van der Waals surface area contributed by atoms with E-state index in [2.05, 4.69) is 136 Å². The van der Waals surface area contributed by atoms with Crippen molar-refractivity contribution in [3.63, 3.8) is 0 Å². The number of ether oxygens (including phenoxy) is 3. The topological polar surface area (TPSA) is 231 Å². The average Bonchev–Trinajstić information content (AvgIpc) is 2.13. The van der Waals surface area contributed by atoms with Crippen LogP contribution in [0.3, 0.4) is 0 Å². The Morgan fingerprint density at radius 3 is 0.947 bits per heavy atom. The lowest BCUT2D eigenvalue weighted by Crippen LogP contribution is -2.30. The van der Waals surface area contributed by atoms with Gasteiger partial charge in [0.15, 0.2) is 6.10 Å². The third-order valence-corrected chi connectivity index (χ3v) is 16.8. The van der Waals surface area contributed by atoms with E-state index in [1.165, 1.54) is 89.9 Å². The second-order valence-corrected chi connectivity index (χ2v) is 26.9. The van der Waals surface area contributed by atoms with E-state index in [1.54, 1.807) is 0 Å². The van der Waals surface area contributed by atoms with Crippen molar-refractivity contribution < 1.29 is 75.8 Å². The van der Waals surface area contributed by atoms with Crippen molar-refractivity contribution in [2.75, 3.05) is 39.6 Å². The molecular weight excluding hydrogens is 1240 g/mol. The molecule has 0 spiro atoms. The molecule has 95 heavy (non-hydrogen) atoms. The van der Waals surface area contributed by atoms with Gasteiger partial charge >= 0.3 is 33.6 Å². The Balaban J connectivity index is 4.65. The number of allylic oxidation sites excluding steroid dienone is 22. The summed E-state index contributed by atoms with van der Waals surface area (Å²) >= 11 is 0. The van der Waals surface area contributed by atoms with Gasteiger partial charge in [-0.15, -0.1) is 0 Å². The molecule has 5 atom stereocenters. The van der Waals surface area contributed by atoms with E-state index in [4.69, 9.17) is 32.3 Å². The summed E-state index contributed by atoms with van der Waals surface area (Å²) in [6.07, 6.45) is 82.3. The summed E-state index contributed by atoms with van der Waals surface area (Å²) in [6, 6.07) is 0. The quantitative estimate of drug-likeness (QED) is 0.0146. The standard InChI is InChI=1S/C77H130O16P2/c1-4-7-10-13-16-19-22-25-28-30-32-33-34-35-36-37-39-41-43-45-48-51-54-57-60-63-75(80)87-66-72(78)67-89-94(83,84)90-68-73(79)69-91-95(85,86)92-71-74(93-77(82)65-62-59-56-53-50-47-42-27-24-21-18-15-12-9-6-3)70-88-76(81)64-61-58-55-52-49-46-44-40-38-31-29-26-23-20-17-14-11-8-5-2/h7-8,10-11,16-17,19-20,25-26,28-29,32-33,35-36,38,40,46,49,55,58,72-74,78-79H,4-6,9,12-15,18,21-24,27,30-31,34,37,39,41-45,47-48,50-54,56-57,59-71H2,1-3H3,(H,83,84)(H,85,86)/b10-7-,11-8-,19-16-,20-17-,28-25-,29-26-,33-32-,36-35-,40-38-,49-46-,58-55-. The van der Waals surface area contributed by atoms with Crippen LogP contribution in [0.15, 0.2) is 134 Å². The Morgan fingerprint density at radius 2 is 0.579 bits per heavy atom. The number of carbonyl (C=O) groups is 3. The van der Waals surface area contributed by atoms with Crippen LogP contribution in [0.4, 0.5) is 0 Å². The highest BCUT2D eigenvalue weighted by molar-refractivity contribution is 7.47. The molecule has 18 heteroatoms. The molecule has 0 aromatic heterocycles. The number of phosphoric acid groups is 2. The lowest BCUT2D eigenvalue weighted by molar-refractivity contribution is -0.161. The number of hydrogen-bond donors (Lipinski definition) is 4. The van der Waals surface area contributed by atoms with E-state index in [-0.39, 0.29) is 19.3 Å². The highest BCUT2D eigenvalue weighted by Gasteiger charge is 2.29. The van der Waals surface area contributed by atoms with E-state index in [0.29, 0.717) is 25.7 Å². The summed E-state index contributed by atoms with van der Waals surface area (Å²) in [6.45, 7) is 2.36. The second-order valence-electron chi connectivity index (χ2n) is 24.0. The van der Waals surface area contributed by atoms with Gasteiger partial charge in [-0.25, -0.2) is 9.13 Å². The summed E-state index contributed by atoms with van der Waals surface area (Å²) in [5.41, 5.74) is 0. The normalized spacial score (nSPS) is 14.9. The number of rotatable bonds is 68. The van der Waals surface area contributed by atoms with Crippen LogP contribution in [-0.4, -0.2) is 95.9 Å². The zero-order valence-electron chi connectivity index (χ0n) is 59.0. The van der Waals surface area contributed by atoms with Gasteiger partial charge in [-0.05, 0) is 103 Å². The lowest BCUT2D eigenvalue weighted by atomic mass is 10.0. The van der Waals surface area contributed by atoms with Gasteiger partial charge in [0.05, 0.1) is 26.4 Å². The molecule has 0 heterocycles. The predicted octanol–water partition coefficient (Wildman–Crippen LogP) is 20.8. The SMILES string of the molecule is CC/C=C\C/C=C\C/C=C\C/C=C\C/C=C\C/C=C\CCC(=O)OCC(COP(=O)(O)OCC(O)COP(=O)(O)OCC(O)COC(=O)CCCCCCCCCCC/C=C\C/C=C\C/C=C\C/C=C\C/C=C\CC)OC(=O)CCCCCCCCCCCCCCCCC. The van der Waals surface area contributed by atoms with Crippen LogP contribution in [0.5, 0.6) is 0 Å². The van der Waals surface area contributed by atoms with Gasteiger partial charge in [0, 0.05) is 19.3 Å². The molecule has 544 valence electrons. The van der Waals surface area contributed by atoms with E-state index in [1.807, 2.05) is 18.2 Å². The molecule has 0 aromatic carbocycles. The summed E-state index contributed by atoms with van der Waals surface area (Å²) in [5.74, 6) is -1.68. The molecule has 0 rings (SSSR count). The van der Waals surface area contributed by atoms with Crippen molar-refractivity contribution in [2.45, 2.75) is 296 Å². The number of esters is 3. The van der Waals surface area contributed by atoms with Crippen LogP contribution in [-0.2, 0) is 55.8 Å². The zero-order chi connectivity index (χ0) is 69.5. The number of aliphatic hydroxyl groups excluding tert-OH is 2. The van der Waals surface area contributed by atoms with Gasteiger partial charge < -0.3 is 34.2 Å². The first-order valence-corrected chi connectivity index (χ1v) is 39.5. The fraction of sp³-hybridized carbons (Fsp3) is 0.675. The van der Waals surface area contributed by atoms with E-state index in [0.717, 1.165) is 122 Å². The smallest absolute Gasteiger partial charge is 0.463 e. The third-order valence-electron chi connectivity index (χ3n) is 14.9. The maximum atomic E-state index is 12.9. The van der Waals surface area contributed by atoms with Gasteiger partial charge in [0.25, 0.3) is 0 Å². The highest BCUT2D eigenvalue weighted by Crippen LogP contribution is 2.45. The Hall–Kier alpha value is -4.31.